The number of guanidine groups is 1. The second kappa shape index (κ2) is 12.1. The molecule has 2 N–H and O–H groups in total. The van der Waals surface area contributed by atoms with E-state index in [4.69, 9.17) is 9.47 Å². The summed E-state index contributed by atoms with van der Waals surface area (Å²) in [6.45, 7) is 7.46. The zero-order valence-electron chi connectivity index (χ0n) is 18.7. The fraction of sp³-hybridized carbons (Fsp3) is 0.524. The number of ether oxygens (including phenoxy) is 3. The summed E-state index contributed by atoms with van der Waals surface area (Å²) < 4.78 is 42.9. The zero-order chi connectivity index (χ0) is 22.4. The smallest absolute Gasteiger partial charge is 0.387 e. The van der Waals surface area contributed by atoms with Gasteiger partial charge in [-0.15, -0.1) is 24.0 Å². The van der Waals surface area contributed by atoms with Crippen LogP contribution < -0.4 is 24.8 Å². The molecule has 2 heterocycles. The Labute approximate surface area is 203 Å². The predicted molar refractivity (Wildman–Crippen MR) is 128 cm³/mol. The van der Waals surface area contributed by atoms with Crippen LogP contribution >= 0.6 is 24.0 Å². The number of hydrogen-bond donors (Lipinski definition) is 2. The Bertz CT molecular complexity index is 923. The van der Waals surface area contributed by atoms with Gasteiger partial charge in [0.15, 0.2) is 17.5 Å². The van der Waals surface area contributed by atoms with E-state index >= 15 is 0 Å². The van der Waals surface area contributed by atoms with Gasteiger partial charge in [-0.3, -0.25) is 4.68 Å². The van der Waals surface area contributed by atoms with Gasteiger partial charge in [0.05, 0.1) is 12.2 Å². The monoisotopic (exact) mass is 565 g/mol. The van der Waals surface area contributed by atoms with E-state index in [-0.39, 0.29) is 43.1 Å². The minimum atomic E-state index is -2.94. The Balaban J connectivity index is 0.00000363. The predicted octanol–water partition coefficient (Wildman–Crippen LogP) is 3.84. The first-order valence-electron chi connectivity index (χ1n) is 10.3. The summed E-state index contributed by atoms with van der Waals surface area (Å²) in [4.78, 5) is 4.53. The number of aryl methyl sites for hydroxylation is 2. The number of rotatable bonds is 9. The molecule has 0 saturated heterocycles. The standard InChI is InChI=1S/C21H29F2N5O3.HI/c1-5-24-21(25-9-13(2)11-28-15(4)6-14(3)27-28)26-10-16-7-18-19(30-12-29-18)8-17(16)31-20(22)23;/h6-8,13,20H,5,9-12H2,1-4H3,(H2,24,25,26);1H. The SMILES string of the molecule is CCNC(=NCc1cc2c(cc1OC(F)F)OCO2)NCC(C)Cn1nc(C)cc1C.I. The third-order valence-corrected chi connectivity index (χ3v) is 4.73. The van der Waals surface area contributed by atoms with Gasteiger partial charge in [-0.25, -0.2) is 4.99 Å². The summed E-state index contributed by atoms with van der Waals surface area (Å²) >= 11 is 0. The van der Waals surface area contributed by atoms with Crippen LogP contribution in [0.25, 0.3) is 0 Å². The molecular formula is C21H30F2IN5O3. The first-order chi connectivity index (χ1) is 14.9. The highest BCUT2D eigenvalue weighted by molar-refractivity contribution is 14.0. The molecule has 32 heavy (non-hydrogen) atoms. The van der Waals surface area contributed by atoms with Gasteiger partial charge in [-0.1, -0.05) is 6.92 Å². The number of aromatic nitrogens is 2. The normalized spacial score (nSPS) is 13.7. The molecule has 0 radical (unpaired) electrons. The topological polar surface area (TPSA) is 81.9 Å². The van der Waals surface area contributed by atoms with Gasteiger partial charge >= 0.3 is 6.61 Å². The van der Waals surface area contributed by atoms with Crippen LogP contribution in [0.15, 0.2) is 23.2 Å². The van der Waals surface area contributed by atoms with Crippen molar-refractivity contribution in [1.82, 2.24) is 20.4 Å². The molecule has 1 aromatic carbocycles. The van der Waals surface area contributed by atoms with Crippen LogP contribution in [-0.4, -0.2) is 42.2 Å². The summed E-state index contributed by atoms with van der Waals surface area (Å²) in [5.41, 5.74) is 2.61. The molecule has 1 aliphatic rings. The molecule has 11 heteroatoms. The third kappa shape index (κ3) is 7.10. The third-order valence-electron chi connectivity index (χ3n) is 4.73. The Kier molecular flexibility index (Phi) is 9.79. The van der Waals surface area contributed by atoms with Crippen LogP contribution in [-0.2, 0) is 13.1 Å². The molecule has 0 aliphatic carbocycles. The highest BCUT2D eigenvalue weighted by atomic mass is 127. The molecule has 8 nitrogen and oxygen atoms in total. The molecule has 1 unspecified atom stereocenters. The molecule has 1 atom stereocenters. The summed E-state index contributed by atoms with van der Waals surface area (Å²) in [6.07, 6.45) is 0. The van der Waals surface area contributed by atoms with Crippen LogP contribution in [0.1, 0.15) is 30.8 Å². The van der Waals surface area contributed by atoms with Crippen LogP contribution in [0.3, 0.4) is 0 Å². The maximum atomic E-state index is 12.8. The quantitative estimate of drug-likeness (QED) is 0.273. The van der Waals surface area contributed by atoms with Crippen molar-refractivity contribution in [1.29, 1.82) is 0 Å². The van der Waals surface area contributed by atoms with E-state index < -0.39 is 6.61 Å². The highest BCUT2D eigenvalue weighted by Gasteiger charge is 2.20. The lowest BCUT2D eigenvalue weighted by Crippen LogP contribution is -2.40. The maximum absolute atomic E-state index is 12.8. The average Bonchev–Trinajstić information content (AvgIpc) is 3.28. The van der Waals surface area contributed by atoms with E-state index in [0.717, 1.165) is 17.9 Å². The van der Waals surface area contributed by atoms with Crippen molar-refractivity contribution in [3.8, 4) is 17.2 Å². The van der Waals surface area contributed by atoms with Gasteiger partial charge < -0.3 is 24.8 Å². The summed E-state index contributed by atoms with van der Waals surface area (Å²) in [5, 5.41) is 11.0. The lowest BCUT2D eigenvalue weighted by atomic mass is 10.1. The first-order valence-corrected chi connectivity index (χ1v) is 10.3. The number of nitrogens with one attached hydrogen (secondary N) is 2. The van der Waals surface area contributed by atoms with Crippen molar-refractivity contribution in [2.45, 2.75) is 47.4 Å². The van der Waals surface area contributed by atoms with Crippen molar-refractivity contribution in [2.24, 2.45) is 10.9 Å². The Hall–Kier alpha value is -2.31. The summed E-state index contributed by atoms with van der Waals surface area (Å²) in [6, 6.07) is 5.09. The lowest BCUT2D eigenvalue weighted by molar-refractivity contribution is -0.0505. The molecule has 2 aromatic rings. The summed E-state index contributed by atoms with van der Waals surface area (Å²) in [5.74, 6) is 1.78. The maximum Gasteiger partial charge on any atom is 0.387 e. The number of benzene rings is 1. The Morgan fingerprint density at radius 1 is 1.22 bits per heavy atom. The molecular weight excluding hydrogens is 535 g/mol. The second-order valence-electron chi connectivity index (χ2n) is 7.48. The van der Waals surface area contributed by atoms with E-state index in [9.17, 15) is 8.78 Å². The van der Waals surface area contributed by atoms with Crippen LogP contribution in [0.2, 0.25) is 0 Å². The molecule has 0 saturated carbocycles. The van der Waals surface area contributed by atoms with Gasteiger partial charge in [0, 0.05) is 37.0 Å². The van der Waals surface area contributed by atoms with Crippen molar-refractivity contribution in [3.63, 3.8) is 0 Å². The number of alkyl halides is 2. The molecule has 0 fully saturated rings. The van der Waals surface area contributed by atoms with Gasteiger partial charge in [0.1, 0.15) is 5.75 Å². The van der Waals surface area contributed by atoms with Crippen molar-refractivity contribution in [2.75, 3.05) is 19.9 Å². The van der Waals surface area contributed by atoms with Crippen LogP contribution in [0.5, 0.6) is 17.2 Å². The number of aliphatic imine (C=N–C) groups is 1. The van der Waals surface area contributed by atoms with E-state index in [1.54, 1.807) is 6.07 Å². The fourth-order valence-corrected chi connectivity index (χ4v) is 3.29. The van der Waals surface area contributed by atoms with E-state index in [2.05, 4.69) is 38.5 Å². The van der Waals surface area contributed by atoms with E-state index in [0.29, 0.717) is 42.0 Å². The molecule has 1 aliphatic heterocycles. The fourth-order valence-electron chi connectivity index (χ4n) is 3.29. The van der Waals surface area contributed by atoms with Crippen molar-refractivity contribution in [3.05, 3.63) is 35.2 Å². The molecule has 0 bridgehead atoms. The molecule has 178 valence electrons. The second-order valence-corrected chi connectivity index (χ2v) is 7.48. The zero-order valence-corrected chi connectivity index (χ0v) is 21.0. The summed E-state index contributed by atoms with van der Waals surface area (Å²) in [7, 11) is 0. The van der Waals surface area contributed by atoms with Crippen LogP contribution in [0, 0.1) is 19.8 Å². The van der Waals surface area contributed by atoms with E-state index in [1.807, 2.05) is 25.5 Å². The lowest BCUT2D eigenvalue weighted by Gasteiger charge is -2.17. The largest absolute Gasteiger partial charge is 0.454 e. The van der Waals surface area contributed by atoms with Crippen molar-refractivity contribution >= 4 is 29.9 Å². The van der Waals surface area contributed by atoms with Gasteiger partial charge in [0.25, 0.3) is 0 Å². The minimum Gasteiger partial charge on any atom is -0.454 e. The van der Waals surface area contributed by atoms with E-state index in [1.165, 1.54) is 6.07 Å². The van der Waals surface area contributed by atoms with Gasteiger partial charge in [-0.2, -0.15) is 13.9 Å². The number of hydrogen-bond acceptors (Lipinski definition) is 5. The minimum absolute atomic E-state index is 0. The number of halogens is 3. The molecule has 3 rings (SSSR count). The molecule has 0 spiro atoms. The molecule has 0 amide bonds. The molecule has 1 aromatic heterocycles. The number of fused-ring (bicyclic) bond motifs is 1. The first kappa shape index (κ1) is 25.9. The van der Waals surface area contributed by atoms with Gasteiger partial charge in [-0.05, 0) is 38.8 Å². The Morgan fingerprint density at radius 2 is 1.94 bits per heavy atom. The number of nitrogens with zero attached hydrogens (tertiary/aromatic N) is 3. The van der Waals surface area contributed by atoms with Crippen LogP contribution in [0.4, 0.5) is 8.78 Å². The average molecular weight is 565 g/mol. The van der Waals surface area contributed by atoms with Gasteiger partial charge in [0.2, 0.25) is 6.79 Å². The Morgan fingerprint density at radius 3 is 2.56 bits per heavy atom. The highest BCUT2D eigenvalue weighted by Crippen LogP contribution is 2.39. The van der Waals surface area contributed by atoms with Crippen molar-refractivity contribution < 1.29 is 23.0 Å².